The minimum absolute atomic E-state index is 0.157. The van der Waals surface area contributed by atoms with Gasteiger partial charge < -0.3 is 14.2 Å². The molecule has 112 valence electrons. The summed E-state index contributed by atoms with van der Waals surface area (Å²) in [6.07, 6.45) is 6.68. The molecule has 2 heterocycles. The second-order valence-corrected chi connectivity index (χ2v) is 6.52. The van der Waals surface area contributed by atoms with Crippen molar-refractivity contribution in [3.8, 4) is 0 Å². The van der Waals surface area contributed by atoms with Crippen LogP contribution in [-0.4, -0.2) is 24.1 Å². The Hall–Kier alpha value is -1.16. The zero-order valence-corrected chi connectivity index (χ0v) is 12.5. The maximum absolute atomic E-state index is 6.47. The van der Waals surface area contributed by atoms with E-state index in [1.807, 2.05) is 18.2 Å². The van der Waals surface area contributed by atoms with Gasteiger partial charge in [-0.2, -0.15) is 0 Å². The van der Waals surface area contributed by atoms with Gasteiger partial charge in [-0.05, 0) is 37.3 Å². The minimum Gasteiger partial charge on any atom is -0.370 e. The Morgan fingerprint density at radius 1 is 1.29 bits per heavy atom. The van der Waals surface area contributed by atoms with Crippen LogP contribution in [0.15, 0.2) is 42.0 Å². The average molecular weight is 286 g/mol. The van der Waals surface area contributed by atoms with Crippen molar-refractivity contribution in [3.63, 3.8) is 0 Å². The number of ether oxygens (including phenoxy) is 3. The van der Waals surface area contributed by atoms with Crippen LogP contribution in [0.4, 0.5) is 0 Å². The topological polar surface area (TPSA) is 27.7 Å². The number of hydrogen-bond acceptors (Lipinski definition) is 3. The van der Waals surface area contributed by atoms with Gasteiger partial charge in [0.05, 0.1) is 19.3 Å². The number of hydrogen-bond donors (Lipinski definition) is 0. The summed E-state index contributed by atoms with van der Waals surface area (Å²) in [5.74, 6) is -0.544. The van der Waals surface area contributed by atoms with Crippen molar-refractivity contribution in [1.29, 1.82) is 0 Å². The summed E-state index contributed by atoms with van der Waals surface area (Å²) in [4.78, 5) is 0. The largest absolute Gasteiger partial charge is 0.370 e. The molecule has 3 aliphatic rings. The fourth-order valence-electron chi connectivity index (χ4n) is 3.92. The van der Waals surface area contributed by atoms with E-state index in [0.717, 1.165) is 25.9 Å². The first-order valence-electron chi connectivity index (χ1n) is 7.89. The predicted octanol–water partition coefficient (Wildman–Crippen LogP) is 3.59. The van der Waals surface area contributed by atoms with E-state index in [2.05, 4.69) is 25.1 Å². The van der Waals surface area contributed by atoms with Gasteiger partial charge in [0.15, 0.2) is 5.79 Å². The van der Waals surface area contributed by atoms with Crippen LogP contribution in [0.3, 0.4) is 0 Å². The van der Waals surface area contributed by atoms with Gasteiger partial charge in [0.2, 0.25) is 0 Å². The molecule has 0 N–H and O–H groups in total. The summed E-state index contributed by atoms with van der Waals surface area (Å²) in [5, 5.41) is 0. The van der Waals surface area contributed by atoms with Crippen LogP contribution >= 0.6 is 0 Å². The summed E-state index contributed by atoms with van der Waals surface area (Å²) in [6.45, 7) is 3.37. The van der Waals surface area contributed by atoms with Crippen LogP contribution in [0, 0.1) is 0 Å². The van der Waals surface area contributed by atoms with Crippen molar-refractivity contribution in [1.82, 2.24) is 0 Å². The standard InChI is InChI=1S/C18H22O3/c1-17(20-12-14-7-3-2-4-8-14)11-16-18(21-17)10-6-5-9-15(18)13-19-16/h2-4,7-9,16H,5-6,10-13H2,1H3/t16-,17?,18-/m0/s1. The second-order valence-electron chi connectivity index (χ2n) is 6.52. The van der Waals surface area contributed by atoms with Gasteiger partial charge in [-0.25, -0.2) is 0 Å². The van der Waals surface area contributed by atoms with Crippen molar-refractivity contribution < 1.29 is 14.2 Å². The van der Waals surface area contributed by atoms with E-state index in [1.165, 1.54) is 17.6 Å². The first kappa shape index (κ1) is 13.5. The number of rotatable bonds is 3. The summed E-state index contributed by atoms with van der Waals surface area (Å²) in [6, 6.07) is 10.3. The lowest BCUT2D eigenvalue weighted by molar-refractivity contribution is -0.240. The Kier molecular flexibility index (Phi) is 3.18. The molecule has 1 aromatic carbocycles. The first-order valence-corrected chi connectivity index (χ1v) is 7.89. The fraction of sp³-hybridized carbons (Fsp3) is 0.556. The molecule has 3 heteroatoms. The average Bonchev–Trinajstić information content (AvgIpc) is 2.97. The highest BCUT2D eigenvalue weighted by Crippen LogP contribution is 2.52. The Morgan fingerprint density at radius 2 is 2.14 bits per heavy atom. The van der Waals surface area contributed by atoms with E-state index in [0.29, 0.717) is 6.61 Å². The van der Waals surface area contributed by atoms with Crippen LogP contribution in [0.2, 0.25) is 0 Å². The summed E-state index contributed by atoms with van der Waals surface area (Å²) in [7, 11) is 0. The lowest BCUT2D eigenvalue weighted by Gasteiger charge is -2.34. The molecule has 1 aromatic rings. The Balaban J connectivity index is 1.50. The third kappa shape index (κ3) is 2.24. The second kappa shape index (κ2) is 4.94. The molecular weight excluding hydrogens is 264 g/mol. The minimum atomic E-state index is -0.544. The Bertz CT molecular complexity index is 553. The Morgan fingerprint density at radius 3 is 3.00 bits per heavy atom. The molecule has 0 bridgehead atoms. The first-order chi connectivity index (χ1) is 10.2. The van der Waals surface area contributed by atoms with Gasteiger partial charge in [-0.1, -0.05) is 36.4 Å². The number of allylic oxidation sites excluding steroid dienone is 1. The maximum atomic E-state index is 6.47. The predicted molar refractivity (Wildman–Crippen MR) is 79.7 cm³/mol. The molecule has 4 rings (SSSR count). The van der Waals surface area contributed by atoms with Gasteiger partial charge in [0, 0.05) is 6.42 Å². The van der Waals surface area contributed by atoms with E-state index >= 15 is 0 Å². The molecule has 1 unspecified atom stereocenters. The van der Waals surface area contributed by atoms with Crippen molar-refractivity contribution in [2.75, 3.05) is 6.61 Å². The lowest BCUT2D eigenvalue weighted by Crippen LogP contribution is -2.40. The van der Waals surface area contributed by atoms with E-state index < -0.39 is 5.79 Å². The van der Waals surface area contributed by atoms with Crippen LogP contribution in [0.1, 0.15) is 38.2 Å². The highest BCUT2D eigenvalue weighted by atomic mass is 16.7. The molecule has 0 saturated carbocycles. The summed E-state index contributed by atoms with van der Waals surface area (Å²) in [5.41, 5.74) is 2.31. The van der Waals surface area contributed by atoms with Gasteiger partial charge >= 0.3 is 0 Å². The fourth-order valence-corrected chi connectivity index (χ4v) is 3.92. The molecule has 2 aliphatic heterocycles. The third-order valence-corrected chi connectivity index (χ3v) is 4.99. The van der Waals surface area contributed by atoms with Crippen molar-refractivity contribution >= 4 is 0 Å². The number of benzene rings is 1. The molecule has 1 aliphatic carbocycles. The van der Waals surface area contributed by atoms with Crippen LogP contribution in [-0.2, 0) is 20.8 Å². The summed E-state index contributed by atoms with van der Waals surface area (Å²) < 4.78 is 18.6. The van der Waals surface area contributed by atoms with Crippen LogP contribution in [0.25, 0.3) is 0 Å². The van der Waals surface area contributed by atoms with Gasteiger partial charge in [-0.15, -0.1) is 0 Å². The van der Waals surface area contributed by atoms with Crippen LogP contribution < -0.4 is 0 Å². The molecular formula is C18H22O3. The third-order valence-electron chi connectivity index (χ3n) is 4.99. The summed E-state index contributed by atoms with van der Waals surface area (Å²) >= 11 is 0. The molecule has 2 saturated heterocycles. The van der Waals surface area contributed by atoms with E-state index in [-0.39, 0.29) is 11.7 Å². The Labute approximate surface area is 125 Å². The van der Waals surface area contributed by atoms with Gasteiger partial charge in [0.1, 0.15) is 5.60 Å². The van der Waals surface area contributed by atoms with Gasteiger partial charge in [-0.3, -0.25) is 0 Å². The molecule has 0 amide bonds. The van der Waals surface area contributed by atoms with Gasteiger partial charge in [0.25, 0.3) is 0 Å². The zero-order chi connectivity index (χ0) is 14.3. The molecule has 1 spiro atoms. The van der Waals surface area contributed by atoms with Crippen LogP contribution in [0.5, 0.6) is 0 Å². The zero-order valence-electron chi connectivity index (χ0n) is 12.5. The monoisotopic (exact) mass is 286 g/mol. The molecule has 0 aromatic heterocycles. The normalized spacial score (nSPS) is 38.0. The maximum Gasteiger partial charge on any atom is 0.169 e. The highest BCUT2D eigenvalue weighted by Gasteiger charge is 2.60. The van der Waals surface area contributed by atoms with E-state index in [1.54, 1.807) is 0 Å². The molecule has 3 atom stereocenters. The van der Waals surface area contributed by atoms with Crippen molar-refractivity contribution in [2.24, 2.45) is 0 Å². The molecule has 3 nitrogen and oxygen atoms in total. The smallest absolute Gasteiger partial charge is 0.169 e. The quantitative estimate of drug-likeness (QED) is 0.795. The SMILES string of the molecule is CC1(OCc2ccccc2)C[C@@H]2OCC3=CCCC[C@]32O1. The molecule has 0 radical (unpaired) electrons. The van der Waals surface area contributed by atoms with E-state index in [9.17, 15) is 0 Å². The molecule has 2 fully saturated rings. The molecule has 21 heavy (non-hydrogen) atoms. The lowest BCUT2D eigenvalue weighted by atomic mass is 9.81. The van der Waals surface area contributed by atoms with Crippen molar-refractivity contribution in [2.45, 2.75) is 56.7 Å². The van der Waals surface area contributed by atoms with Crippen molar-refractivity contribution in [3.05, 3.63) is 47.5 Å². The highest BCUT2D eigenvalue weighted by molar-refractivity contribution is 5.30. The van der Waals surface area contributed by atoms with E-state index in [4.69, 9.17) is 14.2 Å².